The Hall–Kier alpha value is -2.33. The Kier molecular flexibility index (Phi) is 3.09. The number of nitrogens with zero attached hydrogens (tertiary/aromatic N) is 1. The highest BCUT2D eigenvalue weighted by atomic mass is 16.5. The van der Waals surface area contributed by atoms with E-state index in [0.29, 0.717) is 6.61 Å². The van der Waals surface area contributed by atoms with Gasteiger partial charge in [0.15, 0.2) is 0 Å². The fourth-order valence-electron chi connectivity index (χ4n) is 2.84. The number of ether oxygens (including phenoxy) is 1. The molecule has 3 heterocycles. The molecule has 0 saturated heterocycles. The van der Waals surface area contributed by atoms with Crippen molar-refractivity contribution in [3.05, 3.63) is 59.5 Å². The van der Waals surface area contributed by atoms with Gasteiger partial charge in [-0.2, -0.15) is 0 Å². The zero-order valence-corrected chi connectivity index (χ0v) is 11.7. The minimum absolute atomic E-state index is 0.672. The van der Waals surface area contributed by atoms with Crippen LogP contribution >= 0.6 is 0 Å². The van der Waals surface area contributed by atoms with Crippen molar-refractivity contribution in [1.82, 2.24) is 9.97 Å². The van der Waals surface area contributed by atoms with Crippen molar-refractivity contribution in [3.63, 3.8) is 0 Å². The molecule has 0 aliphatic carbocycles. The molecule has 2 aromatic heterocycles. The predicted molar refractivity (Wildman–Crippen MR) is 83.2 cm³/mol. The number of nitrogens with one attached hydrogen (secondary N) is 2. The largest absolute Gasteiger partial charge is 0.380 e. The lowest BCUT2D eigenvalue weighted by Crippen LogP contribution is -2.12. The maximum atomic E-state index is 5.49. The summed E-state index contributed by atoms with van der Waals surface area (Å²) in [5.74, 6) is 0. The Morgan fingerprint density at radius 2 is 2.29 bits per heavy atom. The number of aromatic nitrogens is 2. The monoisotopic (exact) mass is 279 g/mol. The predicted octanol–water partition coefficient (Wildman–Crippen LogP) is 3.25. The lowest BCUT2D eigenvalue weighted by Gasteiger charge is -2.16. The van der Waals surface area contributed by atoms with Gasteiger partial charge in [-0.25, -0.2) is 0 Å². The van der Waals surface area contributed by atoms with Crippen molar-refractivity contribution in [2.45, 2.75) is 19.6 Å². The first-order valence-corrected chi connectivity index (χ1v) is 7.24. The van der Waals surface area contributed by atoms with Crippen LogP contribution in [0.3, 0.4) is 0 Å². The smallest absolute Gasteiger partial charge is 0.0735 e. The SMILES string of the molecule is c1cc(CNc2cnc3c(c2)COCC3)c2cc[nH]c2c1. The van der Waals surface area contributed by atoms with Crippen molar-refractivity contribution >= 4 is 16.6 Å². The second-order valence-electron chi connectivity index (χ2n) is 5.34. The molecule has 21 heavy (non-hydrogen) atoms. The summed E-state index contributed by atoms with van der Waals surface area (Å²) < 4.78 is 5.49. The summed E-state index contributed by atoms with van der Waals surface area (Å²) in [6.45, 7) is 2.24. The lowest BCUT2D eigenvalue weighted by molar-refractivity contribution is 0.109. The summed E-state index contributed by atoms with van der Waals surface area (Å²) in [4.78, 5) is 7.78. The first-order valence-electron chi connectivity index (χ1n) is 7.24. The number of anilines is 1. The lowest BCUT2D eigenvalue weighted by atomic mass is 10.1. The second kappa shape index (κ2) is 5.22. The van der Waals surface area contributed by atoms with Gasteiger partial charge in [-0.05, 0) is 23.8 Å². The molecule has 0 unspecified atom stereocenters. The molecular formula is C17H17N3O. The average molecular weight is 279 g/mol. The topological polar surface area (TPSA) is 49.9 Å². The highest BCUT2D eigenvalue weighted by Crippen LogP contribution is 2.21. The molecule has 3 aromatic rings. The van der Waals surface area contributed by atoms with Crippen molar-refractivity contribution in [2.75, 3.05) is 11.9 Å². The first kappa shape index (κ1) is 12.4. The molecule has 0 bridgehead atoms. The Morgan fingerprint density at radius 3 is 3.29 bits per heavy atom. The fourth-order valence-corrected chi connectivity index (χ4v) is 2.84. The number of hydrogen-bond acceptors (Lipinski definition) is 3. The Bertz CT molecular complexity index is 779. The fraction of sp³-hybridized carbons (Fsp3) is 0.235. The third-order valence-electron chi connectivity index (χ3n) is 3.97. The van der Waals surface area contributed by atoms with Crippen LogP contribution in [-0.4, -0.2) is 16.6 Å². The first-order chi connectivity index (χ1) is 10.4. The molecule has 2 N–H and O–H groups in total. The van der Waals surface area contributed by atoms with E-state index in [1.165, 1.54) is 27.7 Å². The minimum Gasteiger partial charge on any atom is -0.380 e. The molecule has 0 atom stereocenters. The molecule has 0 fully saturated rings. The van der Waals surface area contributed by atoms with Gasteiger partial charge in [-0.15, -0.1) is 0 Å². The van der Waals surface area contributed by atoms with Crippen LogP contribution in [0.15, 0.2) is 42.7 Å². The summed E-state index contributed by atoms with van der Waals surface area (Å²) in [5, 5.41) is 4.72. The number of hydrogen-bond donors (Lipinski definition) is 2. The molecule has 4 nitrogen and oxygen atoms in total. The maximum Gasteiger partial charge on any atom is 0.0735 e. The van der Waals surface area contributed by atoms with E-state index in [0.717, 1.165) is 25.3 Å². The van der Waals surface area contributed by atoms with Crippen molar-refractivity contribution in [2.24, 2.45) is 0 Å². The number of benzene rings is 1. The van der Waals surface area contributed by atoms with Crippen molar-refractivity contribution in [3.8, 4) is 0 Å². The van der Waals surface area contributed by atoms with Gasteiger partial charge in [-0.1, -0.05) is 12.1 Å². The molecular weight excluding hydrogens is 262 g/mol. The summed E-state index contributed by atoms with van der Waals surface area (Å²) in [6.07, 6.45) is 4.81. The molecule has 0 saturated carbocycles. The van der Waals surface area contributed by atoms with E-state index in [4.69, 9.17) is 4.74 Å². The third kappa shape index (κ3) is 2.38. The van der Waals surface area contributed by atoms with Gasteiger partial charge in [0.25, 0.3) is 0 Å². The van der Waals surface area contributed by atoms with Gasteiger partial charge in [0, 0.05) is 41.3 Å². The van der Waals surface area contributed by atoms with Crippen LogP contribution in [0, 0.1) is 0 Å². The zero-order chi connectivity index (χ0) is 14.1. The molecule has 4 heteroatoms. The Morgan fingerprint density at radius 1 is 1.29 bits per heavy atom. The van der Waals surface area contributed by atoms with Crippen LogP contribution in [0.5, 0.6) is 0 Å². The Labute approximate surface area is 123 Å². The molecule has 0 radical (unpaired) electrons. The van der Waals surface area contributed by atoms with E-state index in [1.807, 2.05) is 12.4 Å². The van der Waals surface area contributed by atoms with Crippen LogP contribution in [-0.2, 0) is 24.3 Å². The number of H-pyrrole nitrogens is 1. The zero-order valence-electron chi connectivity index (χ0n) is 11.7. The van der Waals surface area contributed by atoms with E-state index < -0.39 is 0 Å². The molecule has 106 valence electrons. The third-order valence-corrected chi connectivity index (χ3v) is 3.97. The van der Waals surface area contributed by atoms with Gasteiger partial charge >= 0.3 is 0 Å². The van der Waals surface area contributed by atoms with Crippen LogP contribution in [0.4, 0.5) is 5.69 Å². The van der Waals surface area contributed by atoms with Crippen LogP contribution in [0.1, 0.15) is 16.8 Å². The molecule has 1 aromatic carbocycles. The van der Waals surface area contributed by atoms with E-state index in [-0.39, 0.29) is 0 Å². The highest BCUT2D eigenvalue weighted by Gasteiger charge is 2.11. The number of rotatable bonds is 3. The van der Waals surface area contributed by atoms with Crippen molar-refractivity contribution in [1.29, 1.82) is 0 Å². The minimum atomic E-state index is 0.672. The van der Waals surface area contributed by atoms with Crippen LogP contribution in [0.2, 0.25) is 0 Å². The van der Waals surface area contributed by atoms with Crippen LogP contribution in [0.25, 0.3) is 10.9 Å². The van der Waals surface area contributed by atoms with Gasteiger partial charge in [0.05, 0.1) is 25.1 Å². The van der Waals surface area contributed by atoms with E-state index in [1.54, 1.807) is 0 Å². The normalized spacial score (nSPS) is 14.1. The molecule has 1 aliphatic heterocycles. The van der Waals surface area contributed by atoms with Gasteiger partial charge < -0.3 is 15.0 Å². The highest BCUT2D eigenvalue weighted by molar-refractivity contribution is 5.83. The number of fused-ring (bicyclic) bond motifs is 2. The van der Waals surface area contributed by atoms with Crippen LogP contribution < -0.4 is 5.32 Å². The summed E-state index contributed by atoms with van der Waals surface area (Å²) in [7, 11) is 0. The average Bonchev–Trinajstić information content (AvgIpc) is 3.02. The summed E-state index contributed by atoms with van der Waals surface area (Å²) in [6, 6.07) is 10.6. The standard InChI is InChI=1S/C17H17N3O/c1-2-12(15-4-6-18-17(15)3-1)9-19-14-8-13-11-21-7-5-16(13)20-10-14/h1-4,6,8,10,18-19H,5,7,9,11H2. The summed E-state index contributed by atoms with van der Waals surface area (Å²) in [5.41, 5.74) is 5.87. The Balaban J connectivity index is 1.55. The van der Waals surface area contributed by atoms with Crippen molar-refractivity contribution < 1.29 is 4.74 Å². The quantitative estimate of drug-likeness (QED) is 0.773. The van der Waals surface area contributed by atoms with E-state index >= 15 is 0 Å². The molecule has 0 amide bonds. The van der Waals surface area contributed by atoms with Gasteiger partial charge in [0.2, 0.25) is 0 Å². The molecule has 1 aliphatic rings. The van der Waals surface area contributed by atoms with Gasteiger partial charge in [-0.3, -0.25) is 4.98 Å². The van der Waals surface area contributed by atoms with E-state index in [2.05, 4.69) is 45.6 Å². The van der Waals surface area contributed by atoms with E-state index in [9.17, 15) is 0 Å². The molecule has 4 rings (SSSR count). The number of aromatic amines is 1. The number of pyridine rings is 1. The molecule has 0 spiro atoms. The second-order valence-corrected chi connectivity index (χ2v) is 5.34. The summed E-state index contributed by atoms with van der Waals surface area (Å²) >= 11 is 0. The van der Waals surface area contributed by atoms with Gasteiger partial charge in [0.1, 0.15) is 0 Å². The maximum absolute atomic E-state index is 5.49.